The number of nitrogens with zero attached hydrogens (tertiary/aromatic N) is 4. The summed E-state index contributed by atoms with van der Waals surface area (Å²) >= 11 is 0. The topological polar surface area (TPSA) is 143 Å². The Morgan fingerprint density at radius 2 is 1.79 bits per heavy atom. The Morgan fingerprint density at radius 3 is 2.40 bits per heavy atom. The summed E-state index contributed by atoms with van der Waals surface area (Å²) in [5, 5.41) is 21.8. The largest absolute Gasteiger partial charge is 0.391 e. The Kier molecular flexibility index (Phi) is 8.27. The molecule has 1 saturated heterocycles. The highest BCUT2D eigenvalue weighted by molar-refractivity contribution is 5.93. The van der Waals surface area contributed by atoms with E-state index in [0.717, 1.165) is 35.2 Å². The van der Waals surface area contributed by atoms with Crippen LogP contribution in [0, 0.1) is 5.41 Å². The van der Waals surface area contributed by atoms with Gasteiger partial charge in [-0.2, -0.15) is 0 Å². The van der Waals surface area contributed by atoms with Crippen molar-refractivity contribution in [1.82, 2.24) is 25.2 Å². The van der Waals surface area contributed by atoms with Crippen LogP contribution in [0.15, 0.2) is 73.4 Å². The van der Waals surface area contributed by atoms with E-state index in [2.05, 4.69) is 22.2 Å². The third-order valence-electron chi connectivity index (χ3n) is 8.28. The number of primary amides is 1. The zero-order valence-electron chi connectivity index (χ0n) is 24.0. The zero-order valence-corrected chi connectivity index (χ0v) is 24.0. The Morgan fingerprint density at radius 1 is 1.12 bits per heavy atom. The molecule has 220 valence electrons. The fourth-order valence-corrected chi connectivity index (χ4v) is 5.52. The monoisotopic (exact) mass is 570 g/mol. The van der Waals surface area contributed by atoms with Gasteiger partial charge in [0.2, 0.25) is 17.7 Å². The Hall–Kier alpha value is -4.31. The van der Waals surface area contributed by atoms with Crippen LogP contribution in [0.1, 0.15) is 56.3 Å². The van der Waals surface area contributed by atoms with Crippen LogP contribution < -0.4 is 11.1 Å². The van der Waals surface area contributed by atoms with Gasteiger partial charge >= 0.3 is 0 Å². The van der Waals surface area contributed by atoms with Gasteiger partial charge in [-0.1, -0.05) is 79.7 Å². The first-order valence-electron chi connectivity index (χ1n) is 14.4. The number of nitrogens with one attached hydrogen (secondary N) is 1. The number of carbonyl (C=O) groups is 3. The predicted molar refractivity (Wildman–Crippen MR) is 158 cm³/mol. The number of rotatable bonds is 11. The first-order valence-corrected chi connectivity index (χ1v) is 14.4. The van der Waals surface area contributed by atoms with Crippen LogP contribution in [0.3, 0.4) is 0 Å². The number of carbonyl (C=O) groups excluding carboxylic acids is 3. The molecule has 1 aromatic heterocycles. The second-order valence-corrected chi connectivity index (χ2v) is 12.0. The molecule has 0 spiro atoms. The van der Waals surface area contributed by atoms with E-state index in [1.54, 1.807) is 17.0 Å². The Labute approximate surface area is 245 Å². The lowest BCUT2D eigenvalue weighted by Crippen LogP contribution is -2.54. The number of hydrogen-bond acceptors (Lipinski definition) is 6. The van der Waals surface area contributed by atoms with Gasteiger partial charge in [-0.15, -0.1) is 11.7 Å². The van der Waals surface area contributed by atoms with E-state index in [1.165, 1.54) is 4.90 Å². The lowest BCUT2D eigenvalue weighted by Gasteiger charge is -2.35. The van der Waals surface area contributed by atoms with Crippen molar-refractivity contribution in [3.8, 4) is 11.1 Å². The molecule has 2 fully saturated rings. The number of amides is 3. The minimum Gasteiger partial charge on any atom is -0.391 e. The fourth-order valence-electron chi connectivity index (χ4n) is 5.52. The van der Waals surface area contributed by atoms with E-state index >= 15 is 0 Å². The predicted octanol–water partition coefficient (Wildman–Crippen LogP) is 2.75. The molecular weight excluding hydrogens is 532 g/mol. The molecule has 2 heterocycles. The third-order valence-corrected chi connectivity index (χ3v) is 8.28. The summed E-state index contributed by atoms with van der Waals surface area (Å²) in [6.07, 6.45) is 4.89. The van der Waals surface area contributed by atoms with Gasteiger partial charge in [0.15, 0.2) is 0 Å². The van der Waals surface area contributed by atoms with Crippen molar-refractivity contribution in [1.29, 1.82) is 0 Å². The van der Waals surface area contributed by atoms with Crippen molar-refractivity contribution >= 4 is 17.7 Å². The van der Waals surface area contributed by atoms with E-state index in [-0.39, 0.29) is 25.3 Å². The quantitative estimate of drug-likeness (QED) is 0.303. The summed E-state index contributed by atoms with van der Waals surface area (Å²) in [5.74, 6) is -1.26. The molecule has 3 amide bonds. The molecule has 2 aromatic carbocycles. The van der Waals surface area contributed by atoms with Gasteiger partial charge in [-0.25, -0.2) is 4.68 Å². The van der Waals surface area contributed by atoms with Crippen molar-refractivity contribution in [2.45, 2.75) is 69.7 Å². The second-order valence-electron chi connectivity index (χ2n) is 12.0. The maximum Gasteiger partial charge on any atom is 0.249 e. The molecule has 3 aromatic rings. The number of hydrogen-bond donors (Lipinski definition) is 3. The lowest BCUT2D eigenvalue weighted by molar-refractivity contribution is -0.144. The molecule has 10 nitrogen and oxygen atoms in total. The molecule has 5 rings (SSSR count). The summed E-state index contributed by atoms with van der Waals surface area (Å²) < 4.78 is 1.54. The minimum absolute atomic E-state index is 0.0208. The molecule has 1 aliphatic heterocycles. The van der Waals surface area contributed by atoms with E-state index in [0.29, 0.717) is 5.92 Å². The van der Waals surface area contributed by atoms with Gasteiger partial charge in [0.05, 0.1) is 11.8 Å². The summed E-state index contributed by atoms with van der Waals surface area (Å²) in [5.41, 5.74) is 8.72. The molecule has 1 saturated carbocycles. The average molecular weight is 571 g/mol. The molecule has 4 N–H and O–H groups in total. The molecule has 10 heteroatoms. The number of likely N-dealkylation sites (tertiary alicyclic amines) is 1. The van der Waals surface area contributed by atoms with Gasteiger partial charge in [-0.3, -0.25) is 14.4 Å². The third kappa shape index (κ3) is 6.28. The van der Waals surface area contributed by atoms with Gasteiger partial charge < -0.3 is 21.1 Å². The number of β-amino-alcohol motifs (C(OH)–C–C–N with tert-alkyl or cyclic N) is 1. The fraction of sp³-hybridized carbons (Fsp3) is 0.406. The average Bonchev–Trinajstić information content (AvgIpc) is 3.59. The smallest absolute Gasteiger partial charge is 0.249 e. The van der Waals surface area contributed by atoms with Crippen molar-refractivity contribution < 1.29 is 19.5 Å². The maximum atomic E-state index is 14.1. The molecular formula is C32H38N6O4. The van der Waals surface area contributed by atoms with Crippen LogP contribution in [-0.2, 0) is 20.8 Å². The summed E-state index contributed by atoms with van der Waals surface area (Å²) in [6, 6.07) is 14.8. The van der Waals surface area contributed by atoms with E-state index in [1.807, 2.05) is 68.4 Å². The van der Waals surface area contributed by atoms with Crippen LogP contribution >= 0.6 is 0 Å². The Balaban J connectivity index is 1.32. The highest BCUT2D eigenvalue weighted by Gasteiger charge is 2.46. The molecule has 4 atom stereocenters. The number of aliphatic hydroxyl groups excluding tert-OH is 1. The Bertz CT molecular complexity index is 1450. The molecule has 2 aliphatic rings. The van der Waals surface area contributed by atoms with Gasteiger partial charge in [0.25, 0.3) is 0 Å². The molecule has 0 bridgehead atoms. The maximum absolute atomic E-state index is 14.1. The summed E-state index contributed by atoms with van der Waals surface area (Å²) in [4.78, 5) is 41.4. The highest BCUT2D eigenvalue weighted by Crippen LogP contribution is 2.40. The number of nitrogens with two attached hydrogens (primary N) is 1. The summed E-state index contributed by atoms with van der Waals surface area (Å²) in [6.45, 7) is 7.64. The van der Waals surface area contributed by atoms with E-state index in [9.17, 15) is 19.5 Å². The van der Waals surface area contributed by atoms with Crippen molar-refractivity contribution in [3.05, 3.63) is 84.7 Å². The van der Waals surface area contributed by atoms with Gasteiger partial charge in [-0.05, 0) is 29.5 Å². The van der Waals surface area contributed by atoms with Crippen LogP contribution in [0.25, 0.3) is 11.1 Å². The summed E-state index contributed by atoms with van der Waals surface area (Å²) in [7, 11) is 0. The highest BCUT2D eigenvalue weighted by atomic mass is 16.3. The number of aliphatic hydroxyl groups is 1. The lowest BCUT2D eigenvalue weighted by atomic mass is 9.83. The molecule has 1 aliphatic carbocycles. The second kappa shape index (κ2) is 11.9. The first kappa shape index (κ1) is 29.2. The van der Waals surface area contributed by atoms with Gasteiger partial charge in [0, 0.05) is 36.9 Å². The van der Waals surface area contributed by atoms with E-state index in [4.69, 9.17) is 5.73 Å². The van der Waals surface area contributed by atoms with Crippen LogP contribution in [0.5, 0.6) is 0 Å². The number of benzene rings is 2. The number of aromatic nitrogens is 3. The zero-order chi connectivity index (χ0) is 30.0. The van der Waals surface area contributed by atoms with E-state index < -0.39 is 41.5 Å². The van der Waals surface area contributed by atoms with Crippen LogP contribution in [0.2, 0.25) is 0 Å². The minimum atomic E-state index is -0.994. The molecule has 1 unspecified atom stereocenters. The SMILES string of the molecule is C=CC(C)(C)[C@@H](C(=O)N1C[C@H](O)CC1C(=O)N[C@H](Cc1ccc(-c2ccccc2)cc1)C(N)=O)n1cc(C2CC2)nn1. The normalized spacial score (nSPS) is 20.1. The van der Waals surface area contributed by atoms with Gasteiger partial charge in [0.1, 0.15) is 18.1 Å². The number of allylic oxidation sites excluding steroid dienone is 1. The molecule has 0 radical (unpaired) electrons. The van der Waals surface area contributed by atoms with Crippen molar-refractivity contribution in [2.24, 2.45) is 11.1 Å². The standard InChI is InChI=1S/C32H38N6O4/c1-4-32(2,3)28(38-19-26(35-36-38)23-14-15-23)31(42)37-18-24(39)17-27(37)30(41)34-25(29(33)40)16-20-10-12-22(13-11-20)21-8-6-5-7-9-21/h4-13,19,23-25,27-28,39H,1,14-18H2,2-3H3,(H2,33,40)(H,34,41)/t24-,25-,27?,28-/m1/s1. The van der Waals surface area contributed by atoms with Crippen LogP contribution in [-0.4, -0.2) is 67.5 Å². The first-order chi connectivity index (χ1) is 20.1. The van der Waals surface area contributed by atoms with Crippen molar-refractivity contribution in [3.63, 3.8) is 0 Å². The van der Waals surface area contributed by atoms with Crippen molar-refractivity contribution in [2.75, 3.05) is 6.54 Å². The molecule has 42 heavy (non-hydrogen) atoms. The van der Waals surface area contributed by atoms with Crippen LogP contribution in [0.4, 0.5) is 0 Å².